The summed E-state index contributed by atoms with van der Waals surface area (Å²) in [5.41, 5.74) is 6.22. The molecule has 1 fully saturated rings. The van der Waals surface area contributed by atoms with Crippen LogP contribution in [0.1, 0.15) is 68.1 Å². The van der Waals surface area contributed by atoms with Crippen molar-refractivity contribution in [2.75, 3.05) is 23.8 Å². The molecule has 0 spiro atoms. The summed E-state index contributed by atoms with van der Waals surface area (Å²) in [6.45, 7) is 15.7. The Hall–Kier alpha value is -3.73. The second-order valence-corrected chi connectivity index (χ2v) is 14.6. The first-order valence-electron chi connectivity index (χ1n) is 14.0. The number of pyridine rings is 2. The van der Waals surface area contributed by atoms with Crippen molar-refractivity contribution >= 4 is 27.6 Å². The van der Waals surface area contributed by atoms with Crippen LogP contribution < -0.4 is 20.1 Å². The van der Waals surface area contributed by atoms with E-state index in [1.165, 1.54) is 36.4 Å². The standard InChI is InChI=1S/C31H40FN5O4S.2H2/c1-19(2)18-41-23-14-20(13-22(32)15-23)25-12-11-24(29(38)36-42(39,40)27-10-8-9-26(33)35-27)28(34-25)37-17-21(30(3,4)5)16-31(37,6)7;;/h8-15,19,21H,16-18H2,1-7H3,(H2,33,35)(H,36,38);2*1H. The van der Waals surface area contributed by atoms with Crippen LogP contribution >= 0.6 is 0 Å². The smallest absolute Gasteiger partial charge is 0.281 e. The summed E-state index contributed by atoms with van der Waals surface area (Å²) in [5, 5.41) is -0.370. The number of nitrogen functional groups attached to an aromatic ring is 1. The van der Waals surface area contributed by atoms with E-state index in [-0.39, 0.29) is 36.5 Å². The first-order chi connectivity index (χ1) is 19.5. The third-order valence-electron chi connectivity index (χ3n) is 7.48. The Morgan fingerprint density at radius 2 is 1.90 bits per heavy atom. The Kier molecular flexibility index (Phi) is 8.55. The first kappa shape index (κ1) is 31.2. The molecule has 11 heteroatoms. The molecule has 1 aliphatic heterocycles. The maximum atomic E-state index is 14.7. The molecule has 2 aromatic heterocycles. The maximum absolute atomic E-state index is 14.7. The minimum Gasteiger partial charge on any atom is -0.493 e. The fourth-order valence-corrected chi connectivity index (χ4v) is 6.00. The van der Waals surface area contributed by atoms with Gasteiger partial charge in [-0.15, -0.1) is 0 Å². The van der Waals surface area contributed by atoms with Crippen molar-refractivity contribution in [1.29, 1.82) is 0 Å². The molecule has 0 bridgehead atoms. The third-order valence-corrected chi connectivity index (χ3v) is 8.71. The molecule has 3 aromatic rings. The van der Waals surface area contributed by atoms with Gasteiger partial charge in [-0.05, 0) is 73.9 Å². The lowest BCUT2D eigenvalue weighted by Crippen LogP contribution is -2.41. The second kappa shape index (κ2) is 11.5. The summed E-state index contributed by atoms with van der Waals surface area (Å²) in [6.07, 6.45) is 0.835. The molecular formula is C31H44FN5O4S. The Morgan fingerprint density at radius 1 is 1.19 bits per heavy atom. The molecule has 1 aromatic carbocycles. The highest BCUT2D eigenvalue weighted by atomic mass is 32.2. The number of carbonyl (C=O) groups is 1. The van der Waals surface area contributed by atoms with Crippen LogP contribution in [0.25, 0.3) is 11.3 Å². The van der Waals surface area contributed by atoms with Gasteiger partial charge in [-0.3, -0.25) is 4.79 Å². The Morgan fingerprint density at radius 3 is 2.52 bits per heavy atom. The molecule has 1 atom stereocenters. The summed E-state index contributed by atoms with van der Waals surface area (Å²) in [6, 6.07) is 11.6. The van der Waals surface area contributed by atoms with Crippen molar-refractivity contribution in [3.8, 4) is 17.0 Å². The maximum Gasteiger partial charge on any atom is 0.281 e. The molecule has 1 unspecified atom stereocenters. The van der Waals surface area contributed by atoms with Crippen LogP contribution in [0.3, 0.4) is 0 Å². The van der Waals surface area contributed by atoms with Gasteiger partial charge >= 0.3 is 0 Å². The topological polar surface area (TPSA) is 128 Å². The largest absolute Gasteiger partial charge is 0.493 e. The fraction of sp³-hybridized carbons (Fsp3) is 0.452. The van der Waals surface area contributed by atoms with Crippen LogP contribution in [0, 0.1) is 23.1 Å². The number of hydrogen-bond donors (Lipinski definition) is 2. The van der Waals surface area contributed by atoms with Crippen LogP contribution in [-0.2, 0) is 10.0 Å². The number of halogens is 1. The summed E-state index contributed by atoms with van der Waals surface area (Å²) in [4.78, 5) is 24.4. The van der Waals surface area contributed by atoms with E-state index in [0.29, 0.717) is 36.0 Å². The number of nitrogens with two attached hydrogens (primary N) is 1. The minimum atomic E-state index is -4.32. The van der Waals surface area contributed by atoms with Crippen LogP contribution in [0.2, 0.25) is 0 Å². The van der Waals surface area contributed by atoms with E-state index in [9.17, 15) is 17.6 Å². The number of sulfonamides is 1. The summed E-state index contributed by atoms with van der Waals surface area (Å²) in [7, 11) is -4.32. The van der Waals surface area contributed by atoms with Crippen molar-refractivity contribution in [1.82, 2.24) is 14.7 Å². The zero-order valence-corrected chi connectivity index (χ0v) is 26.0. The Labute approximate surface area is 250 Å². The van der Waals surface area contributed by atoms with Gasteiger partial charge in [0.2, 0.25) is 0 Å². The third kappa shape index (κ3) is 7.00. The number of nitrogens with one attached hydrogen (secondary N) is 1. The lowest BCUT2D eigenvalue weighted by atomic mass is 9.78. The van der Waals surface area contributed by atoms with E-state index in [1.54, 1.807) is 12.1 Å². The van der Waals surface area contributed by atoms with Crippen molar-refractivity contribution in [3.05, 3.63) is 59.9 Å². The van der Waals surface area contributed by atoms with Gasteiger partial charge < -0.3 is 15.4 Å². The Bertz CT molecular complexity index is 1600. The van der Waals surface area contributed by atoms with Gasteiger partial charge in [0.1, 0.15) is 23.2 Å². The van der Waals surface area contributed by atoms with Crippen LogP contribution in [-0.4, -0.2) is 43.0 Å². The lowest BCUT2D eigenvalue weighted by molar-refractivity contribution is 0.0981. The van der Waals surface area contributed by atoms with Crippen molar-refractivity contribution in [3.63, 3.8) is 0 Å². The molecule has 9 nitrogen and oxygen atoms in total. The number of amides is 1. The van der Waals surface area contributed by atoms with Gasteiger partial charge in [0, 0.05) is 26.6 Å². The van der Waals surface area contributed by atoms with Crippen molar-refractivity contribution in [2.24, 2.45) is 17.3 Å². The highest BCUT2D eigenvalue weighted by molar-refractivity contribution is 7.90. The summed E-state index contributed by atoms with van der Waals surface area (Å²) >= 11 is 0. The number of hydrogen-bond acceptors (Lipinski definition) is 8. The molecule has 3 heterocycles. The average molecular weight is 602 g/mol. The van der Waals surface area contributed by atoms with Gasteiger partial charge in [0.05, 0.1) is 17.9 Å². The summed E-state index contributed by atoms with van der Waals surface area (Å²) < 4.78 is 48.6. The van der Waals surface area contributed by atoms with Crippen molar-refractivity contribution in [2.45, 2.75) is 65.5 Å². The normalized spacial score (nSPS) is 17.0. The van der Waals surface area contributed by atoms with E-state index in [0.717, 1.165) is 6.42 Å². The molecule has 0 aliphatic carbocycles. The molecule has 1 aliphatic rings. The number of nitrogens with zero attached hydrogens (tertiary/aromatic N) is 3. The van der Waals surface area contributed by atoms with E-state index >= 15 is 0 Å². The number of rotatable bonds is 8. The van der Waals surface area contributed by atoms with Gasteiger partial charge in [-0.1, -0.05) is 40.7 Å². The van der Waals surface area contributed by atoms with Gasteiger partial charge in [0.25, 0.3) is 15.9 Å². The summed E-state index contributed by atoms with van der Waals surface area (Å²) in [5.74, 6) is -0.110. The molecule has 230 valence electrons. The highest BCUT2D eigenvalue weighted by Gasteiger charge is 2.44. The predicted octanol–water partition coefficient (Wildman–Crippen LogP) is 6.16. The van der Waals surface area contributed by atoms with Gasteiger partial charge in [0.15, 0.2) is 5.03 Å². The van der Waals surface area contributed by atoms with Crippen LogP contribution in [0.5, 0.6) is 5.75 Å². The molecule has 4 rings (SSSR count). The van der Waals surface area contributed by atoms with E-state index in [4.69, 9.17) is 15.5 Å². The number of ether oxygens (including phenoxy) is 1. The molecule has 0 radical (unpaired) electrons. The van der Waals surface area contributed by atoms with Gasteiger partial charge in [-0.25, -0.2) is 19.1 Å². The van der Waals surface area contributed by atoms with E-state index in [1.807, 2.05) is 18.7 Å². The zero-order chi connectivity index (χ0) is 31.0. The van der Waals surface area contributed by atoms with Crippen molar-refractivity contribution < 1.29 is 25.2 Å². The Balaban J connectivity index is 0.00000337. The molecular weight excluding hydrogens is 557 g/mol. The molecule has 1 amide bonds. The highest BCUT2D eigenvalue weighted by Crippen LogP contribution is 2.45. The molecule has 0 saturated carbocycles. The van der Waals surface area contributed by atoms with Crippen LogP contribution in [0.15, 0.2) is 53.6 Å². The number of aromatic nitrogens is 2. The van der Waals surface area contributed by atoms with E-state index < -0.39 is 27.3 Å². The monoisotopic (exact) mass is 601 g/mol. The number of anilines is 2. The molecule has 3 N–H and O–H groups in total. The van der Waals surface area contributed by atoms with Crippen LogP contribution in [0.4, 0.5) is 16.0 Å². The first-order valence-corrected chi connectivity index (χ1v) is 15.5. The van der Waals surface area contributed by atoms with E-state index in [2.05, 4.69) is 44.3 Å². The molecule has 1 saturated heterocycles. The second-order valence-electron chi connectivity index (χ2n) is 13.0. The SMILES string of the molecule is CC(C)COc1cc(F)cc(-c2ccc(C(=O)NS(=O)(=O)c3cccc(N)n3)c(N3CC(C(C)(C)C)CC3(C)C)n2)c1.[HH].[HH]. The predicted molar refractivity (Wildman–Crippen MR) is 166 cm³/mol. The fourth-order valence-electron chi connectivity index (χ4n) is 5.06. The number of carbonyl (C=O) groups excluding carboxylic acids is 1. The molecule has 42 heavy (non-hydrogen) atoms. The zero-order valence-electron chi connectivity index (χ0n) is 25.2. The minimum absolute atomic E-state index is 0. The average Bonchev–Trinajstić information content (AvgIpc) is 3.22. The lowest BCUT2D eigenvalue weighted by Gasteiger charge is -2.34. The quantitative estimate of drug-likeness (QED) is 0.314. The number of benzene rings is 1. The van der Waals surface area contributed by atoms with Gasteiger partial charge in [-0.2, -0.15) is 8.42 Å².